The number of hydrogen-bond donors (Lipinski definition) is 2. The average molecular weight is 295 g/mol. The standard InChI is InChI=1S/C15H26FN5/c1-4-6-17-15-19-9-13(16)14(20-15)18-8-12-5-7-21(10-12)11(2)3/h9,11-12H,4-8,10H2,1-3H3,(H2,17,18,19,20). The average Bonchev–Trinajstić information content (AvgIpc) is 2.94. The van der Waals surface area contributed by atoms with Crippen LogP contribution in [0.15, 0.2) is 6.20 Å². The summed E-state index contributed by atoms with van der Waals surface area (Å²) >= 11 is 0. The summed E-state index contributed by atoms with van der Waals surface area (Å²) in [5.74, 6) is 0.937. The predicted molar refractivity (Wildman–Crippen MR) is 84.1 cm³/mol. The van der Waals surface area contributed by atoms with E-state index in [9.17, 15) is 4.39 Å². The number of nitrogens with zero attached hydrogens (tertiary/aromatic N) is 3. The van der Waals surface area contributed by atoms with E-state index in [2.05, 4.69) is 46.3 Å². The molecule has 0 radical (unpaired) electrons. The maximum absolute atomic E-state index is 13.7. The first kappa shape index (κ1) is 15.9. The van der Waals surface area contributed by atoms with Crippen molar-refractivity contribution in [2.75, 3.05) is 36.8 Å². The summed E-state index contributed by atoms with van der Waals surface area (Å²) in [6.07, 6.45) is 3.36. The molecule has 0 bridgehead atoms. The van der Waals surface area contributed by atoms with Gasteiger partial charge in [0.05, 0.1) is 6.20 Å². The highest BCUT2D eigenvalue weighted by Crippen LogP contribution is 2.20. The predicted octanol–water partition coefficient (Wildman–Crippen LogP) is 2.58. The third kappa shape index (κ3) is 4.52. The van der Waals surface area contributed by atoms with E-state index in [1.807, 2.05) is 0 Å². The van der Waals surface area contributed by atoms with Crippen LogP contribution in [0.1, 0.15) is 33.6 Å². The van der Waals surface area contributed by atoms with E-state index >= 15 is 0 Å². The normalized spacial score (nSPS) is 19.2. The quantitative estimate of drug-likeness (QED) is 0.810. The summed E-state index contributed by atoms with van der Waals surface area (Å²) in [5, 5.41) is 6.21. The zero-order valence-electron chi connectivity index (χ0n) is 13.2. The van der Waals surface area contributed by atoms with Gasteiger partial charge in [0.25, 0.3) is 0 Å². The Morgan fingerprint density at radius 3 is 2.90 bits per heavy atom. The first-order chi connectivity index (χ1) is 10.1. The van der Waals surface area contributed by atoms with Crippen molar-refractivity contribution in [2.45, 2.75) is 39.7 Å². The lowest BCUT2D eigenvalue weighted by Gasteiger charge is -2.20. The summed E-state index contributed by atoms with van der Waals surface area (Å²) < 4.78 is 13.7. The molecule has 1 unspecified atom stereocenters. The zero-order chi connectivity index (χ0) is 15.2. The molecule has 21 heavy (non-hydrogen) atoms. The Balaban J connectivity index is 1.88. The number of nitrogens with one attached hydrogen (secondary N) is 2. The van der Waals surface area contributed by atoms with Gasteiger partial charge in [-0.3, -0.25) is 0 Å². The van der Waals surface area contributed by atoms with Crippen LogP contribution in [0.2, 0.25) is 0 Å². The van der Waals surface area contributed by atoms with Gasteiger partial charge < -0.3 is 15.5 Å². The van der Waals surface area contributed by atoms with E-state index in [0.29, 0.717) is 23.7 Å². The second-order valence-electron chi connectivity index (χ2n) is 5.94. The molecule has 6 heteroatoms. The Bertz CT molecular complexity index is 452. The smallest absolute Gasteiger partial charge is 0.224 e. The van der Waals surface area contributed by atoms with E-state index in [1.165, 1.54) is 6.20 Å². The SMILES string of the molecule is CCCNc1ncc(F)c(NCC2CCN(C(C)C)C2)n1. The van der Waals surface area contributed by atoms with Crippen molar-refractivity contribution in [3.8, 4) is 0 Å². The summed E-state index contributed by atoms with van der Waals surface area (Å²) in [6.45, 7) is 10.2. The highest BCUT2D eigenvalue weighted by atomic mass is 19.1. The van der Waals surface area contributed by atoms with Crippen LogP contribution in [-0.4, -0.2) is 47.1 Å². The topological polar surface area (TPSA) is 53.1 Å². The fourth-order valence-electron chi connectivity index (χ4n) is 2.55. The van der Waals surface area contributed by atoms with Crippen molar-refractivity contribution in [3.63, 3.8) is 0 Å². The molecule has 2 N–H and O–H groups in total. The number of aromatic nitrogens is 2. The van der Waals surface area contributed by atoms with Gasteiger partial charge >= 0.3 is 0 Å². The molecule has 1 atom stereocenters. The maximum Gasteiger partial charge on any atom is 0.224 e. The Hall–Kier alpha value is -1.43. The number of halogens is 1. The molecule has 1 aliphatic heterocycles. The van der Waals surface area contributed by atoms with Crippen LogP contribution in [0.25, 0.3) is 0 Å². The van der Waals surface area contributed by atoms with Crippen LogP contribution in [0.5, 0.6) is 0 Å². The van der Waals surface area contributed by atoms with Gasteiger partial charge in [0.2, 0.25) is 5.95 Å². The largest absolute Gasteiger partial charge is 0.367 e. The molecular formula is C15H26FN5. The number of anilines is 2. The highest BCUT2D eigenvalue weighted by Gasteiger charge is 2.24. The Kier molecular flexibility index (Phi) is 5.73. The van der Waals surface area contributed by atoms with Crippen molar-refractivity contribution in [2.24, 2.45) is 5.92 Å². The van der Waals surface area contributed by atoms with Crippen molar-refractivity contribution in [1.29, 1.82) is 0 Å². The van der Waals surface area contributed by atoms with Gasteiger partial charge in [0, 0.05) is 25.7 Å². The molecule has 0 aromatic carbocycles. The lowest BCUT2D eigenvalue weighted by molar-refractivity contribution is 0.266. The highest BCUT2D eigenvalue weighted by molar-refractivity contribution is 5.41. The fraction of sp³-hybridized carbons (Fsp3) is 0.733. The molecule has 118 valence electrons. The van der Waals surface area contributed by atoms with Gasteiger partial charge in [0.1, 0.15) is 0 Å². The van der Waals surface area contributed by atoms with Crippen molar-refractivity contribution in [1.82, 2.24) is 14.9 Å². The third-order valence-electron chi connectivity index (χ3n) is 3.88. The van der Waals surface area contributed by atoms with E-state index in [4.69, 9.17) is 0 Å². The van der Waals surface area contributed by atoms with E-state index < -0.39 is 5.82 Å². The first-order valence-corrected chi connectivity index (χ1v) is 7.84. The molecule has 0 aliphatic carbocycles. The molecule has 1 aliphatic rings. The minimum Gasteiger partial charge on any atom is -0.367 e. The summed E-state index contributed by atoms with van der Waals surface area (Å²) in [7, 11) is 0. The van der Waals surface area contributed by atoms with Crippen LogP contribution in [0, 0.1) is 11.7 Å². The monoisotopic (exact) mass is 295 g/mol. The molecule has 1 fully saturated rings. The molecule has 2 heterocycles. The third-order valence-corrected chi connectivity index (χ3v) is 3.88. The van der Waals surface area contributed by atoms with Gasteiger partial charge in [-0.05, 0) is 39.2 Å². The maximum atomic E-state index is 13.7. The second-order valence-corrected chi connectivity index (χ2v) is 5.94. The molecule has 0 saturated carbocycles. The summed E-state index contributed by atoms with van der Waals surface area (Å²) in [6, 6.07) is 0.579. The van der Waals surface area contributed by atoms with Crippen LogP contribution in [-0.2, 0) is 0 Å². The molecule has 0 amide bonds. The Morgan fingerprint density at radius 1 is 1.43 bits per heavy atom. The number of rotatable bonds is 7. The van der Waals surface area contributed by atoms with Gasteiger partial charge in [-0.25, -0.2) is 9.37 Å². The minimum atomic E-state index is -0.393. The van der Waals surface area contributed by atoms with Gasteiger partial charge in [0.15, 0.2) is 11.6 Å². The van der Waals surface area contributed by atoms with Gasteiger partial charge in [-0.2, -0.15) is 4.98 Å². The summed E-state index contributed by atoms with van der Waals surface area (Å²) in [5.41, 5.74) is 0. The van der Waals surface area contributed by atoms with Gasteiger partial charge in [-0.15, -0.1) is 0 Å². The first-order valence-electron chi connectivity index (χ1n) is 7.84. The van der Waals surface area contributed by atoms with E-state index in [1.54, 1.807) is 0 Å². The molecule has 1 aromatic rings. The molecule has 1 aromatic heterocycles. The molecular weight excluding hydrogens is 269 g/mol. The van der Waals surface area contributed by atoms with Crippen molar-refractivity contribution in [3.05, 3.63) is 12.0 Å². The van der Waals surface area contributed by atoms with Crippen LogP contribution < -0.4 is 10.6 Å². The summed E-state index contributed by atoms with van der Waals surface area (Å²) in [4.78, 5) is 10.6. The second kappa shape index (κ2) is 7.54. The lowest BCUT2D eigenvalue weighted by Crippen LogP contribution is -2.29. The minimum absolute atomic E-state index is 0.298. The van der Waals surface area contributed by atoms with Crippen molar-refractivity contribution >= 4 is 11.8 Å². The van der Waals surface area contributed by atoms with Crippen LogP contribution in [0.4, 0.5) is 16.2 Å². The van der Waals surface area contributed by atoms with Crippen molar-refractivity contribution < 1.29 is 4.39 Å². The molecule has 1 saturated heterocycles. The number of likely N-dealkylation sites (tertiary alicyclic amines) is 1. The van der Waals surface area contributed by atoms with Crippen LogP contribution in [0.3, 0.4) is 0 Å². The van der Waals surface area contributed by atoms with E-state index in [0.717, 1.165) is 39.0 Å². The molecule has 0 spiro atoms. The van der Waals surface area contributed by atoms with Gasteiger partial charge in [-0.1, -0.05) is 6.92 Å². The molecule has 2 rings (SSSR count). The fourth-order valence-corrected chi connectivity index (χ4v) is 2.55. The zero-order valence-corrected chi connectivity index (χ0v) is 13.2. The lowest BCUT2D eigenvalue weighted by atomic mass is 10.1. The van der Waals surface area contributed by atoms with Crippen LogP contribution >= 0.6 is 0 Å². The number of hydrogen-bond acceptors (Lipinski definition) is 5. The molecule has 5 nitrogen and oxygen atoms in total. The Labute approximate surface area is 126 Å². The Morgan fingerprint density at radius 2 is 2.24 bits per heavy atom. The van der Waals surface area contributed by atoms with E-state index in [-0.39, 0.29) is 0 Å².